The Morgan fingerprint density at radius 3 is 2.16 bits per heavy atom. The molecule has 0 radical (unpaired) electrons. The smallest absolute Gasteiger partial charge is 0.0428 e. The van der Waals surface area contributed by atoms with Crippen LogP contribution in [0, 0.1) is 20.8 Å². The van der Waals surface area contributed by atoms with Crippen LogP contribution in [0.5, 0.6) is 0 Å². The van der Waals surface area contributed by atoms with E-state index in [0.29, 0.717) is 0 Å². The SMILES string of the molecule is Cc1ccc(CN(C)c2ccc(N)cc2)c(C)c1C. The third-order valence-corrected chi connectivity index (χ3v) is 3.91. The van der Waals surface area contributed by atoms with Crippen LogP contribution >= 0.6 is 0 Å². The second-order valence-electron chi connectivity index (χ2n) is 5.24. The average Bonchev–Trinajstić information content (AvgIpc) is 2.40. The fourth-order valence-electron chi connectivity index (χ4n) is 2.26. The highest BCUT2D eigenvalue weighted by atomic mass is 15.1. The van der Waals surface area contributed by atoms with Crippen molar-refractivity contribution >= 4 is 11.4 Å². The van der Waals surface area contributed by atoms with Gasteiger partial charge in [0.25, 0.3) is 0 Å². The van der Waals surface area contributed by atoms with Crippen LogP contribution < -0.4 is 10.6 Å². The van der Waals surface area contributed by atoms with E-state index < -0.39 is 0 Å². The van der Waals surface area contributed by atoms with E-state index in [-0.39, 0.29) is 0 Å². The van der Waals surface area contributed by atoms with Crippen molar-refractivity contribution in [2.45, 2.75) is 27.3 Å². The Labute approximate surface area is 115 Å². The number of hydrogen-bond acceptors (Lipinski definition) is 2. The van der Waals surface area contributed by atoms with Gasteiger partial charge in [-0.3, -0.25) is 0 Å². The number of nitrogen functional groups attached to an aromatic ring is 1. The van der Waals surface area contributed by atoms with E-state index in [1.165, 1.54) is 27.9 Å². The van der Waals surface area contributed by atoms with Crippen LogP contribution in [0.4, 0.5) is 11.4 Å². The van der Waals surface area contributed by atoms with Crippen LogP contribution in [-0.2, 0) is 6.54 Å². The quantitative estimate of drug-likeness (QED) is 0.843. The van der Waals surface area contributed by atoms with Crippen molar-refractivity contribution in [3.05, 3.63) is 58.7 Å². The Hall–Kier alpha value is -1.96. The van der Waals surface area contributed by atoms with Crippen molar-refractivity contribution in [2.24, 2.45) is 0 Å². The molecule has 0 bridgehead atoms. The second-order valence-corrected chi connectivity index (χ2v) is 5.24. The van der Waals surface area contributed by atoms with E-state index in [2.05, 4.69) is 57.0 Å². The van der Waals surface area contributed by atoms with Gasteiger partial charge < -0.3 is 10.6 Å². The Kier molecular flexibility index (Phi) is 3.79. The predicted molar refractivity (Wildman–Crippen MR) is 83.6 cm³/mol. The summed E-state index contributed by atoms with van der Waals surface area (Å²) in [6, 6.07) is 12.4. The van der Waals surface area contributed by atoms with Crippen molar-refractivity contribution in [2.75, 3.05) is 17.7 Å². The number of benzene rings is 2. The highest BCUT2D eigenvalue weighted by Crippen LogP contribution is 2.21. The minimum absolute atomic E-state index is 0.805. The van der Waals surface area contributed by atoms with Gasteiger partial charge in [-0.15, -0.1) is 0 Å². The van der Waals surface area contributed by atoms with Gasteiger partial charge in [0.1, 0.15) is 0 Å². The lowest BCUT2D eigenvalue weighted by molar-refractivity contribution is 0.910. The largest absolute Gasteiger partial charge is 0.399 e. The molecule has 0 spiro atoms. The molecule has 100 valence electrons. The molecule has 0 unspecified atom stereocenters. The molecule has 0 aliphatic heterocycles. The van der Waals surface area contributed by atoms with Gasteiger partial charge >= 0.3 is 0 Å². The van der Waals surface area contributed by atoms with Crippen LogP contribution in [-0.4, -0.2) is 7.05 Å². The van der Waals surface area contributed by atoms with Crippen LogP contribution in [0.3, 0.4) is 0 Å². The van der Waals surface area contributed by atoms with Crippen molar-refractivity contribution in [3.63, 3.8) is 0 Å². The summed E-state index contributed by atoms with van der Waals surface area (Å²) in [4.78, 5) is 2.25. The number of anilines is 2. The van der Waals surface area contributed by atoms with E-state index >= 15 is 0 Å². The van der Waals surface area contributed by atoms with Crippen LogP contribution in [0.25, 0.3) is 0 Å². The minimum Gasteiger partial charge on any atom is -0.399 e. The molecular formula is C17H22N2. The Morgan fingerprint density at radius 1 is 0.895 bits per heavy atom. The summed E-state index contributed by atoms with van der Waals surface area (Å²) in [6.45, 7) is 7.47. The van der Waals surface area contributed by atoms with Gasteiger partial charge in [0.2, 0.25) is 0 Å². The number of aryl methyl sites for hydroxylation is 1. The lowest BCUT2D eigenvalue weighted by Gasteiger charge is -2.22. The molecule has 2 aromatic rings. The first-order chi connectivity index (χ1) is 8.99. The normalized spacial score (nSPS) is 10.5. The van der Waals surface area contributed by atoms with E-state index in [4.69, 9.17) is 5.73 Å². The minimum atomic E-state index is 0.805. The number of nitrogens with two attached hydrogens (primary N) is 1. The summed E-state index contributed by atoms with van der Waals surface area (Å²) in [7, 11) is 2.11. The summed E-state index contributed by atoms with van der Waals surface area (Å²) >= 11 is 0. The molecule has 0 amide bonds. The molecule has 19 heavy (non-hydrogen) atoms. The maximum atomic E-state index is 5.72. The Bertz CT molecular complexity index is 571. The summed E-state index contributed by atoms with van der Waals surface area (Å²) < 4.78 is 0. The van der Waals surface area contributed by atoms with E-state index in [1.807, 2.05) is 12.1 Å². The summed E-state index contributed by atoms with van der Waals surface area (Å²) in [5.74, 6) is 0. The zero-order chi connectivity index (χ0) is 14.0. The zero-order valence-electron chi connectivity index (χ0n) is 12.2. The average molecular weight is 254 g/mol. The molecule has 0 atom stereocenters. The molecule has 0 aliphatic rings. The molecule has 0 aromatic heterocycles. The maximum Gasteiger partial charge on any atom is 0.0428 e. The molecule has 0 saturated carbocycles. The summed E-state index contributed by atoms with van der Waals surface area (Å²) in [5, 5.41) is 0. The molecule has 2 rings (SSSR count). The highest BCUT2D eigenvalue weighted by molar-refractivity contribution is 5.53. The van der Waals surface area contributed by atoms with Crippen molar-refractivity contribution in [3.8, 4) is 0 Å². The van der Waals surface area contributed by atoms with Crippen molar-refractivity contribution in [1.82, 2.24) is 0 Å². The molecule has 0 aliphatic carbocycles. The van der Waals surface area contributed by atoms with Crippen LogP contribution in [0.1, 0.15) is 22.3 Å². The summed E-state index contributed by atoms with van der Waals surface area (Å²) in [6.07, 6.45) is 0. The lowest BCUT2D eigenvalue weighted by atomic mass is 9.98. The number of rotatable bonds is 3. The third kappa shape index (κ3) is 2.90. The van der Waals surface area contributed by atoms with Crippen molar-refractivity contribution in [1.29, 1.82) is 0 Å². The van der Waals surface area contributed by atoms with Gasteiger partial charge in [-0.25, -0.2) is 0 Å². The van der Waals surface area contributed by atoms with Crippen molar-refractivity contribution < 1.29 is 0 Å². The Morgan fingerprint density at radius 2 is 1.53 bits per heavy atom. The molecule has 2 heteroatoms. The van der Waals surface area contributed by atoms with E-state index in [1.54, 1.807) is 0 Å². The molecule has 2 nitrogen and oxygen atoms in total. The fourth-order valence-corrected chi connectivity index (χ4v) is 2.26. The van der Waals surface area contributed by atoms with Gasteiger partial charge in [0.05, 0.1) is 0 Å². The van der Waals surface area contributed by atoms with E-state index in [0.717, 1.165) is 12.2 Å². The molecule has 2 aromatic carbocycles. The number of nitrogens with zero attached hydrogens (tertiary/aromatic N) is 1. The first-order valence-corrected chi connectivity index (χ1v) is 6.61. The first-order valence-electron chi connectivity index (χ1n) is 6.61. The first kappa shape index (κ1) is 13.5. The number of hydrogen-bond donors (Lipinski definition) is 1. The second kappa shape index (κ2) is 5.35. The van der Waals surface area contributed by atoms with Gasteiger partial charge in [-0.2, -0.15) is 0 Å². The molecule has 2 N–H and O–H groups in total. The van der Waals surface area contributed by atoms with Gasteiger partial charge in [-0.05, 0) is 67.3 Å². The van der Waals surface area contributed by atoms with E-state index in [9.17, 15) is 0 Å². The fraction of sp³-hybridized carbons (Fsp3) is 0.294. The lowest BCUT2D eigenvalue weighted by Crippen LogP contribution is -2.17. The third-order valence-electron chi connectivity index (χ3n) is 3.91. The zero-order valence-corrected chi connectivity index (χ0v) is 12.2. The topological polar surface area (TPSA) is 29.3 Å². The van der Waals surface area contributed by atoms with Crippen LogP contribution in [0.15, 0.2) is 36.4 Å². The maximum absolute atomic E-state index is 5.72. The van der Waals surface area contributed by atoms with Gasteiger partial charge in [-0.1, -0.05) is 12.1 Å². The van der Waals surface area contributed by atoms with Gasteiger partial charge in [0, 0.05) is 25.0 Å². The van der Waals surface area contributed by atoms with Gasteiger partial charge in [0.15, 0.2) is 0 Å². The predicted octanol–water partition coefficient (Wildman–Crippen LogP) is 3.83. The molecular weight excluding hydrogens is 232 g/mol. The standard InChI is InChI=1S/C17H22N2/c1-12-5-6-15(14(3)13(12)2)11-19(4)17-9-7-16(18)8-10-17/h5-10H,11,18H2,1-4H3. The highest BCUT2D eigenvalue weighted by Gasteiger charge is 2.07. The molecule has 0 fully saturated rings. The molecule has 0 heterocycles. The Balaban J connectivity index is 2.21. The van der Waals surface area contributed by atoms with Crippen LogP contribution in [0.2, 0.25) is 0 Å². The molecule has 0 saturated heterocycles. The summed E-state index contributed by atoms with van der Waals surface area (Å²) in [5.41, 5.74) is 13.2. The monoisotopic (exact) mass is 254 g/mol.